The number of hydrogen-bond acceptors (Lipinski definition) is 1. The summed E-state index contributed by atoms with van der Waals surface area (Å²) in [6, 6.07) is 7.94. The lowest BCUT2D eigenvalue weighted by atomic mass is 10.1. The second-order valence-corrected chi connectivity index (χ2v) is 4.89. The number of fused-ring (bicyclic) bond motifs is 1. The number of aromatic amines is 1. The molecule has 1 aliphatic carbocycles. The number of rotatable bonds is 1. The summed E-state index contributed by atoms with van der Waals surface area (Å²) in [4.78, 5) is 14.8. The summed E-state index contributed by atoms with van der Waals surface area (Å²) in [6.07, 6.45) is 2.41. The van der Waals surface area contributed by atoms with E-state index in [-0.39, 0.29) is 5.56 Å². The molecule has 0 spiro atoms. The summed E-state index contributed by atoms with van der Waals surface area (Å²) in [5.41, 5.74) is 1.10. The fourth-order valence-corrected chi connectivity index (χ4v) is 2.47. The number of pyridine rings is 1. The van der Waals surface area contributed by atoms with Gasteiger partial charge in [-0.15, -0.1) is 0 Å². The van der Waals surface area contributed by atoms with E-state index in [9.17, 15) is 4.79 Å². The molecule has 0 aliphatic heterocycles. The van der Waals surface area contributed by atoms with E-state index in [2.05, 4.69) is 27.0 Å². The first-order valence-corrected chi connectivity index (χ1v) is 5.86. The van der Waals surface area contributed by atoms with Gasteiger partial charge < -0.3 is 4.98 Å². The van der Waals surface area contributed by atoms with E-state index in [4.69, 9.17) is 0 Å². The van der Waals surface area contributed by atoms with Crippen molar-refractivity contribution in [2.75, 3.05) is 0 Å². The Balaban J connectivity index is 2.36. The van der Waals surface area contributed by atoms with Crippen LogP contribution in [-0.2, 0) is 0 Å². The summed E-state index contributed by atoms with van der Waals surface area (Å²) in [6.45, 7) is 0. The van der Waals surface area contributed by atoms with E-state index in [0.717, 1.165) is 20.9 Å². The molecule has 2 aromatic rings. The number of halogens is 1. The van der Waals surface area contributed by atoms with Crippen LogP contribution in [0.25, 0.3) is 10.8 Å². The molecule has 1 aliphatic rings. The van der Waals surface area contributed by atoms with Gasteiger partial charge in [-0.3, -0.25) is 4.79 Å². The van der Waals surface area contributed by atoms with Gasteiger partial charge in [0.2, 0.25) is 0 Å². The highest BCUT2D eigenvalue weighted by atomic mass is 79.9. The average molecular weight is 264 g/mol. The van der Waals surface area contributed by atoms with Gasteiger partial charge in [0.25, 0.3) is 5.56 Å². The molecule has 1 heterocycles. The fraction of sp³-hybridized carbons (Fsp3) is 0.250. The van der Waals surface area contributed by atoms with Crippen LogP contribution < -0.4 is 5.56 Å². The Hall–Kier alpha value is -1.09. The largest absolute Gasteiger partial charge is 0.325 e. The molecular weight excluding hydrogens is 254 g/mol. The monoisotopic (exact) mass is 263 g/mol. The summed E-state index contributed by atoms with van der Waals surface area (Å²) < 4.78 is 0.864. The van der Waals surface area contributed by atoms with Gasteiger partial charge in [0.15, 0.2) is 0 Å². The smallest absolute Gasteiger partial charge is 0.257 e. The predicted molar refractivity (Wildman–Crippen MR) is 64.2 cm³/mol. The molecule has 0 amide bonds. The van der Waals surface area contributed by atoms with Crippen molar-refractivity contribution in [2.24, 2.45) is 0 Å². The van der Waals surface area contributed by atoms with Gasteiger partial charge in [0, 0.05) is 10.2 Å². The van der Waals surface area contributed by atoms with Crippen molar-refractivity contribution in [3.05, 3.63) is 44.8 Å². The van der Waals surface area contributed by atoms with Gasteiger partial charge in [-0.25, -0.2) is 0 Å². The zero-order valence-electron chi connectivity index (χ0n) is 8.09. The molecular formula is C12H10BrNO. The molecule has 3 rings (SSSR count). The Labute approximate surface area is 95.5 Å². The topological polar surface area (TPSA) is 32.9 Å². The summed E-state index contributed by atoms with van der Waals surface area (Å²) in [5, 5.41) is 1.77. The molecule has 76 valence electrons. The quantitative estimate of drug-likeness (QED) is 0.843. The first-order chi connectivity index (χ1) is 7.25. The third-order valence-corrected chi connectivity index (χ3v) is 3.52. The molecule has 0 radical (unpaired) electrons. The van der Waals surface area contributed by atoms with Crippen molar-refractivity contribution in [2.45, 2.75) is 18.8 Å². The molecule has 15 heavy (non-hydrogen) atoms. The minimum absolute atomic E-state index is 0.0156. The van der Waals surface area contributed by atoms with Crippen molar-refractivity contribution in [1.29, 1.82) is 0 Å². The van der Waals surface area contributed by atoms with Crippen LogP contribution in [0.4, 0.5) is 0 Å². The maximum atomic E-state index is 11.9. The van der Waals surface area contributed by atoms with Crippen LogP contribution in [0.15, 0.2) is 33.5 Å². The number of hydrogen-bond donors (Lipinski definition) is 1. The van der Waals surface area contributed by atoms with Gasteiger partial charge in [0.05, 0.1) is 5.39 Å². The van der Waals surface area contributed by atoms with Gasteiger partial charge in [0.1, 0.15) is 0 Å². The molecule has 1 aromatic heterocycles. The van der Waals surface area contributed by atoms with E-state index in [0.29, 0.717) is 5.92 Å². The van der Waals surface area contributed by atoms with Crippen LogP contribution in [0.1, 0.15) is 24.5 Å². The molecule has 0 bridgehead atoms. The second-order valence-electron chi connectivity index (χ2n) is 4.03. The second kappa shape index (κ2) is 3.20. The fourth-order valence-electron chi connectivity index (χ4n) is 1.91. The molecule has 0 saturated heterocycles. The minimum Gasteiger partial charge on any atom is -0.325 e. The van der Waals surface area contributed by atoms with E-state index >= 15 is 0 Å². The van der Waals surface area contributed by atoms with Crippen LogP contribution >= 0.6 is 15.9 Å². The Morgan fingerprint density at radius 1 is 1.33 bits per heavy atom. The molecule has 0 unspecified atom stereocenters. The van der Waals surface area contributed by atoms with Crippen LogP contribution in [0.3, 0.4) is 0 Å². The third kappa shape index (κ3) is 1.51. The first kappa shape index (κ1) is 9.16. The molecule has 1 fully saturated rings. The zero-order chi connectivity index (χ0) is 10.4. The maximum Gasteiger partial charge on any atom is 0.257 e. The van der Waals surface area contributed by atoms with Gasteiger partial charge in [-0.05, 0) is 52.2 Å². The highest BCUT2D eigenvalue weighted by molar-refractivity contribution is 9.10. The Morgan fingerprint density at radius 3 is 2.87 bits per heavy atom. The maximum absolute atomic E-state index is 11.9. The van der Waals surface area contributed by atoms with Crippen molar-refractivity contribution in [3.8, 4) is 0 Å². The first-order valence-electron chi connectivity index (χ1n) is 5.07. The Bertz CT molecular complexity index is 584. The third-order valence-electron chi connectivity index (χ3n) is 2.86. The van der Waals surface area contributed by atoms with Crippen LogP contribution in [-0.4, -0.2) is 4.98 Å². The van der Waals surface area contributed by atoms with Crippen LogP contribution in [0.2, 0.25) is 0 Å². The molecule has 3 heteroatoms. The Morgan fingerprint density at radius 2 is 2.13 bits per heavy atom. The number of benzene rings is 1. The molecule has 2 nitrogen and oxygen atoms in total. The highest BCUT2D eigenvalue weighted by Gasteiger charge is 2.24. The number of H-pyrrole nitrogens is 1. The van der Waals surface area contributed by atoms with Gasteiger partial charge in [-0.1, -0.05) is 12.1 Å². The number of nitrogens with one attached hydrogen (secondary N) is 1. The zero-order valence-corrected chi connectivity index (χ0v) is 9.67. The summed E-state index contributed by atoms with van der Waals surface area (Å²) in [5.74, 6) is 0.584. The minimum atomic E-state index is 0.0156. The number of aromatic nitrogens is 1. The van der Waals surface area contributed by atoms with Crippen LogP contribution in [0.5, 0.6) is 0 Å². The van der Waals surface area contributed by atoms with E-state index in [1.165, 1.54) is 12.8 Å². The lowest BCUT2D eigenvalue weighted by Gasteiger charge is -2.03. The molecule has 1 aromatic carbocycles. The Kier molecular flexibility index (Phi) is 1.96. The predicted octanol–water partition coefficient (Wildman–Crippen LogP) is 3.17. The van der Waals surface area contributed by atoms with Gasteiger partial charge in [-0.2, -0.15) is 0 Å². The summed E-state index contributed by atoms with van der Waals surface area (Å²) >= 11 is 3.40. The van der Waals surface area contributed by atoms with E-state index < -0.39 is 0 Å². The standard InChI is InChI=1S/C12H10BrNO/c13-9-3-1-2-8-6-10(7-4-5-7)14-12(15)11(8)9/h1-3,6-7H,4-5H2,(H,14,15). The highest BCUT2D eigenvalue weighted by Crippen LogP contribution is 2.39. The average Bonchev–Trinajstić information content (AvgIpc) is 3.00. The van der Waals surface area contributed by atoms with E-state index in [1.807, 2.05) is 18.2 Å². The van der Waals surface area contributed by atoms with Crippen molar-refractivity contribution in [1.82, 2.24) is 4.98 Å². The molecule has 1 saturated carbocycles. The lowest BCUT2D eigenvalue weighted by Crippen LogP contribution is -2.09. The van der Waals surface area contributed by atoms with Crippen molar-refractivity contribution < 1.29 is 0 Å². The lowest BCUT2D eigenvalue weighted by molar-refractivity contribution is 1.01. The van der Waals surface area contributed by atoms with Crippen molar-refractivity contribution >= 4 is 26.7 Å². The van der Waals surface area contributed by atoms with Gasteiger partial charge >= 0.3 is 0 Å². The van der Waals surface area contributed by atoms with E-state index in [1.54, 1.807) is 0 Å². The molecule has 0 atom stereocenters. The normalized spacial score (nSPS) is 15.8. The molecule has 1 N–H and O–H groups in total. The van der Waals surface area contributed by atoms with Crippen LogP contribution in [0, 0.1) is 0 Å². The summed E-state index contributed by atoms with van der Waals surface area (Å²) in [7, 11) is 0. The SMILES string of the molecule is O=c1[nH]c(C2CC2)cc2cccc(Br)c12. The van der Waals surface area contributed by atoms with Crippen molar-refractivity contribution in [3.63, 3.8) is 0 Å².